The highest BCUT2D eigenvalue weighted by molar-refractivity contribution is 4.83. The normalized spacial score (nSPS) is 40.5. The van der Waals surface area contributed by atoms with Crippen molar-refractivity contribution in [3.63, 3.8) is 0 Å². The van der Waals surface area contributed by atoms with Crippen LogP contribution in [0.15, 0.2) is 0 Å². The quantitative estimate of drug-likeness (QED) is 0.565. The molecule has 3 atom stereocenters. The first kappa shape index (κ1) is 7.98. The summed E-state index contributed by atoms with van der Waals surface area (Å²) in [6.45, 7) is 0.121. The first-order valence-corrected chi connectivity index (χ1v) is 3.59. The molecule has 1 saturated carbocycles. The number of aliphatic hydroxyl groups is 2. The SMILES string of the molecule is COC1CC(O)CC1CO. The standard InChI is InChI=1S/C7H14O3/c1-10-7-3-6(9)2-5(7)4-8/h5-9H,2-4H2,1H3. The Bertz CT molecular complexity index is 93.0. The molecule has 60 valence electrons. The summed E-state index contributed by atoms with van der Waals surface area (Å²) >= 11 is 0. The van der Waals surface area contributed by atoms with Gasteiger partial charge in [-0.05, 0) is 12.8 Å². The summed E-state index contributed by atoms with van der Waals surface area (Å²) in [5.74, 6) is 0.139. The van der Waals surface area contributed by atoms with Crippen LogP contribution >= 0.6 is 0 Å². The first-order chi connectivity index (χ1) is 4.77. The van der Waals surface area contributed by atoms with Gasteiger partial charge >= 0.3 is 0 Å². The minimum Gasteiger partial charge on any atom is -0.396 e. The van der Waals surface area contributed by atoms with Gasteiger partial charge in [0.2, 0.25) is 0 Å². The molecular weight excluding hydrogens is 132 g/mol. The molecule has 1 rings (SSSR count). The van der Waals surface area contributed by atoms with E-state index in [4.69, 9.17) is 14.9 Å². The number of aliphatic hydroxyl groups excluding tert-OH is 2. The van der Waals surface area contributed by atoms with Crippen molar-refractivity contribution >= 4 is 0 Å². The summed E-state index contributed by atoms with van der Waals surface area (Å²) in [7, 11) is 1.62. The Balaban J connectivity index is 2.41. The summed E-state index contributed by atoms with van der Waals surface area (Å²) < 4.78 is 5.07. The topological polar surface area (TPSA) is 49.7 Å². The molecule has 3 unspecified atom stereocenters. The van der Waals surface area contributed by atoms with E-state index in [0.717, 1.165) is 0 Å². The van der Waals surface area contributed by atoms with Crippen molar-refractivity contribution in [2.75, 3.05) is 13.7 Å². The molecule has 0 heterocycles. The molecule has 0 saturated heterocycles. The molecule has 0 aromatic rings. The Morgan fingerprint density at radius 3 is 2.60 bits per heavy atom. The molecule has 0 aromatic carbocycles. The fraction of sp³-hybridized carbons (Fsp3) is 1.00. The molecule has 1 fully saturated rings. The maximum atomic E-state index is 9.14. The van der Waals surface area contributed by atoms with Crippen LogP contribution in [0.5, 0.6) is 0 Å². The first-order valence-electron chi connectivity index (χ1n) is 3.59. The van der Waals surface area contributed by atoms with E-state index in [0.29, 0.717) is 12.8 Å². The van der Waals surface area contributed by atoms with Crippen LogP contribution in [0.3, 0.4) is 0 Å². The van der Waals surface area contributed by atoms with E-state index in [9.17, 15) is 0 Å². The lowest BCUT2D eigenvalue weighted by molar-refractivity contribution is 0.0439. The fourth-order valence-corrected chi connectivity index (χ4v) is 1.54. The largest absolute Gasteiger partial charge is 0.396 e. The number of rotatable bonds is 2. The van der Waals surface area contributed by atoms with Crippen molar-refractivity contribution in [2.24, 2.45) is 5.92 Å². The van der Waals surface area contributed by atoms with Gasteiger partial charge in [-0.2, -0.15) is 0 Å². The number of methoxy groups -OCH3 is 1. The van der Waals surface area contributed by atoms with Gasteiger partial charge in [0, 0.05) is 19.6 Å². The van der Waals surface area contributed by atoms with E-state index in [1.165, 1.54) is 0 Å². The van der Waals surface area contributed by atoms with Crippen LogP contribution in [0.25, 0.3) is 0 Å². The molecule has 3 heteroatoms. The summed E-state index contributed by atoms with van der Waals surface area (Å²) in [6, 6.07) is 0. The molecule has 10 heavy (non-hydrogen) atoms. The van der Waals surface area contributed by atoms with Crippen LogP contribution in [0.4, 0.5) is 0 Å². The van der Waals surface area contributed by atoms with Gasteiger partial charge in [0.05, 0.1) is 12.2 Å². The highest BCUT2D eigenvalue weighted by atomic mass is 16.5. The monoisotopic (exact) mass is 146 g/mol. The van der Waals surface area contributed by atoms with E-state index in [1.807, 2.05) is 0 Å². The molecule has 0 amide bonds. The zero-order valence-electron chi connectivity index (χ0n) is 6.16. The molecule has 0 spiro atoms. The predicted octanol–water partition coefficient (Wildman–Crippen LogP) is -0.235. The average molecular weight is 146 g/mol. The van der Waals surface area contributed by atoms with Gasteiger partial charge in [-0.1, -0.05) is 0 Å². The second-order valence-corrected chi connectivity index (χ2v) is 2.84. The zero-order valence-corrected chi connectivity index (χ0v) is 6.16. The van der Waals surface area contributed by atoms with Crippen molar-refractivity contribution in [2.45, 2.75) is 25.0 Å². The Morgan fingerprint density at radius 1 is 1.50 bits per heavy atom. The third-order valence-electron chi connectivity index (χ3n) is 2.14. The van der Waals surface area contributed by atoms with Crippen molar-refractivity contribution in [3.8, 4) is 0 Å². The van der Waals surface area contributed by atoms with Crippen LogP contribution in [0, 0.1) is 5.92 Å². The van der Waals surface area contributed by atoms with Crippen LogP contribution in [-0.4, -0.2) is 36.1 Å². The second kappa shape index (κ2) is 3.32. The third-order valence-corrected chi connectivity index (χ3v) is 2.14. The lowest BCUT2D eigenvalue weighted by atomic mass is 10.1. The summed E-state index contributed by atoms with van der Waals surface area (Å²) in [4.78, 5) is 0. The molecule has 2 N–H and O–H groups in total. The van der Waals surface area contributed by atoms with Crippen LogP contribution in [-0.2, 0) is 4.74 Å². The van der Waals surface area contributed by atoms with E-state index in [1.54, 1.807) is 7.11 Å². The van der Waals surface area contributed by atoms with Crippen LogP contribution < -0.4 is 0 Å². The maximum Gasteiger partial charge on any atom is 0.0646 e. The van der Waals surface area contributed by atoms with Crippen molar-refractivity contribution < 1.29 is 14.9 Å². The predicted molar refractivity (Wildman–Crippen MR) is 36.6 cm³/mol. The molecule has 0 aromatic heterocycles. The van der Waals surface area contributed by atoms with E-state index in [2.05, 4.69) is 0 Å². The molecule has 3 nitrogen and oxygen atoms in total. The zero-order chi connectivity index (χ0) is 7.56. The van der Waals surface area contributed by atoms with Gasteiger partial charge in [-0.3, -0.25) is 0 Å². The number of hydrogen-bond donors (Lipinski definition) is 2. The minimum atomic E-state index is -0.276. The van der Waals surface area contributed by atoms with E-state index < -0.39 is 0 Å². The molecule has 1 aliphatic carbocycles. The van der Waals surface area contributed by atoms with Gasteiger partial charge in [0.25, 0.3) is 0 Å². The summed E-state index contributed by atoms with van der Waals surface area (Å²) in [6.07, 6.45) is 1.12. The van der Waals surface area contributed by atoms with Gasteiger partial charge in [-0.25, -0.2) is 0 Å². The van der Waals surface area contributed by atoms with Crippen LogP contribution in [0.2, 0.25) is 0 Å². The molecular formula is C7H14O3. The van der Waals surface area contributed by atoms with E-state index in [-0.39, 0.29) is 24.7 Å². The summed E-state index contributed by atoms with van der Waals surface area (Å²) in [5.41, 5.74) is 0. The molecule has 0 aliphatic heterocycles. The van der Waals surface area contributed by atoms with E-state index >= 15 is 0 Å². The lowest BCUT2D eigenvalue weighted by Gasteiger charge is -2.13. The highest BCUT2D eigenvalue weighted by Gasteiger charge is 2.32. The Kier molecular flexibility index (Phi) is 2.65. The molecule has 1 aliphatic rings. The minimum absolute atomic E-state index is 0.0556. The Morgan fingerprint density at radius 2 is 2.20 bits per heavy atom. The lowest BCUT2D eigenvalue weighted by Crippen LogP contribution is -2.19. The van der Waals surface area contributed by atoms with Gasteiger partial charge < -0.3 is 14.9 Å². The summed E-state index contributed by atoms with van der Waals surface area (Å²) in [5, 5.41) is 17.9. The van der Waals surface area contributed by atoms with Gasteiger partial charge in [0.1, 0.15) is 0 Å². The van der Waals surface area contributed by atoms with Crippen LogP contribution in [0.1, 0.15) is 12.8 Å². The third kappa shape index (κ3) is 1.48. The smallest absolute Gasteiger partial charge is 0.0646 e. The van der Waals surface area contributed by atoms with Gasteiger partial charge in [-0.15, -0.1) is 0 Å². The Labute approximate surface area is 60.6 Å². The number of ether oxygens (including phenoxy) is 1. The van der Waals surface area contributed by atoms with Crippen molar-refractivity contribution in [3.05, 3.63) is 0 Å². The average Bonchev–Trinajstić information content (AvgIpc) is 2.30. The van der Waals surface area contributed by atoms with Crippen molar-refractivity contribution in [1.82, 2.24) is 0 Å². The highest BCUT2D eigenvalue weighted by Crippen LogP contribution is 2.27. The van der Waals surface area contributed by atoms with Crippen molar-refractivity contribution in [1.29, 1.82) is 0 Å². The van der Waals surface area contributed by atoms with Gasteiger partial charge in [0.15, 0.2) is 0 Å². The maximum absolute atomic E-state index is 9.14. The molecule has 0 radical (unpaired) electrons. The second-order valence-electron chi connectivity index (χ2n) is 2.84. The Hall–Kier alpha value is -0.120. The fourth-order valence-electron chi connectivity index (χ4n) is 1.54. The number of hydrogen-bond acceptors (Lipinski definition) is 3. The molecule has 0 bridgehead atoms.